The fourth-order valence-corrected chi connectivity index (χ4v) is 1.12. The highest BCUT2D eigenvalue weighted by Crippen LogP contribution is 2.10. The Kier molecular flexibility index (Phi) is 3.64. The van der Waals surface area contributed by atoms with Gasteiger partial charge in [0.1, 0.15) is 16.1 Å². The van der Waals surface area contributed by atoms with Gasteiger partial charge in [-0.05, 0) is 32.9 Å². The number of pyridine rings is 1. The van der Waals surface area contributed by atoms with Crippen molar-refractivity contribution in [1.82, 2.24) is 4.98 Å². The highest BCUT2D eigenvalue weighted by atomic mass is 32.1. The average molecular weight is 244 g/mol. The maximum atomic E-state index is 12.8. The highest BCUT2D eigenvalue weighted by molar-refractivity contribution is 7.71. The summed E-state index contributed by atoms with van der Waals surface area (Å²) in [6.45, 7) is 5.25. The maximum Gasteiger partial charge on any atom is 0.413 e. The van der Waals surface area contributed by atoms with Crippen molar-refractivity contribution in [2.45, 2.75) is 26.4 Å². The molecule has 0 spiro atoms. The molecule has 0 fully saturated rings. The Hall–Kier alpha value is -1.43. The number of hydrogen-bond donors (Lipinski definition) is 2. The predicted molar refractivity (Wildman–Crippen MR) is 61.4 cm³/mol. The van der Waals surface area contributed by atoms with Crippen LogP contribution in [-0.2, 0) is 4.74 Å². The van der Waals surface area contributed by atoms with Crippen LogP contribution >= 0.6 is 12.2 Å². The van der Waals surface area contributed by atoms with Gasteiger partial charge >= 0.3 is 6.09 Å². The van der Waals surface area contributed by atoms with E-state index in [0.717, 1.165) is 0 Å². The van der Waals surface area contributed by atoms with Crippen LogP contribution in [0.3, 0.4) is 0 Å². The molecule has 0 atom stereocenters. The molecule has 1 rings (SSSR count). The Balaban J connectivity index is 2.71. The summed E-state index contributed by atoms with van der Waals surface area (Å²) in [6, 6.07) is 2.54. The average Bonchev–Trinajstić information content (AvgIpc) is 2.08. The number of carbonyl (C=O) groups excluding carboxylic acids is 1. The first-order chi connectivity index (χ1) is 7.28. The Labute approximate surface area is 97.8 Å². The van der Waals surface area contributed by atoms with Crippen molar-refractivity contribution in [2.75, 3.05) is 5.32 Å². The lowest BCUT2D eigenvalue weighted by molar-refractivity contribution is 0.0635. The van der Waals surface area contributed by atoms with E-state index >= 15 is 0 Å². The third-order valence-electron chi connectivity index (χ3n) is 1.50. The summed E-state index contributed by atoms with van der Waals surface area (Å²) in [5, 5.41) is 2.42. The van der Waals surface area contributed by atoms with Crippen molar-refractivity contribution in [3.05, 3.63) is 22.6 Å². The second-order valence-corrected chi connectivity index (χ2v) is 4.58. The van der Waals surface area contributed by atoms with Gasteiger partial charge in [-0.25, -0.2) is 9.18 Å². The molecule has 0 saturated carbocycles. The number of ether oxygens (including phenoxy) is 1. The molecule has 0 bridgehead atoms. The number of hydrogen-bond acceptors (Lipinski definition) is 3. The standard InChI is InChI=1S/C10H13FN2O2S/c1-10(2,3)15-9(14)13-7-5-4-6(11)8(16)12-7/h4-5H,1-3H3,(H2,12,13,14,16). The largest absolute Gasteiger partial charge is 0.444 e. The topological polar surface area (TPSA) is 54.1 Å². The fraction of sp³-hybridized carbons (Fsp3) is 0.400. The van der Waals surface area contributed by atoms with E-state index in [1.807, 2.05) is 0 Å². The van der Waals surface area contributed by atoms with E-state index in [4.69, 9.17) is 4.74 Å². The quantitative estimate of drug-likeness (QED) is 0.746. The number of aromatic nitrogens is 1. The second-order valence-electron chi connectivity index (χ2n) is 4.18. The lowest BCUT2D eigenvalue weighted by Gasteiger charge is -2.19. The monoisotopic (exact) mass is 244 g/mol. The van der Waals surface area contributed by atoms with Gasteiger partial charge in [0.05, 0.1) is 0 Å². The minimum absolute atomic E-state index is 0.0615. The fourth-order valence-electron chi connectivity index (χ4n) is 0.942. The zero-order chi connectivity index (χ0) is 12.3. The Morgan fingerprint density at radius 2 is 2.12 bits per heavy atom. The predicted octanol–water partition coefficient (Wildman–Crippen LogP) is 3.23. The third kappa shape index (κ3) is 3.98. The lowest BCUT2D eigenvalue weighted by Crippen LogP contribution is -2.27. The van der Waals surface area contributed by atoms with Crippen molar-refractivity contribution in [2.24, 2.45) is 0 Å². The Morgan fingerprint density at radius 3 is 2.62 bits per heavy atom. The van der Waals surface area contributed by atoms with Crippen LogP contribution in [0.5, 0.6) is 0 Å². The number of rotatable bonds is 1. The molecule has 1 amide bonds. The van der Waals surface area contributed by atoms with Gasteiger partial charge in [-0.3, -0.25) is 5.32 Å². The molecule has 16 heavy (non-hydrogen) atoms. The van der Waals surface area contributed by atoms with Gasteiger partial charge in [0.15, 0.2) is 5.82 Å². The molecule has 88 valence electrons. The van der Waals surface area contributed by atoms with Crippen molar-refractivity contribution >= 4 is 24.1 Å². The molecule has 0 radical (unpaired) electrons. The molecule has 0 unspecified atom stereocenters. The van der Waals surface area contributed by atoms with Crippen LogP contribution in [0.25, 0.3) is 0 Å². The molecule has 6 heteroatoms. The molecule has 0 aliphatic rings. The molecule has 1 aromatic rings. The van der Waals surface area contributed by atoms with Crippen LogP contribution in [0.1, 0.15) is 20.8 Å². The van der Waals surface area contributed by atoms with E-state index in [1.165, 1.54) is 12.1 Å². The number of nitrogens with one attached hydrogen (secondary N) is 2. The molecule has 0 aromatic carbocycles. The molecular weight excluding hydrogens is 231 g/mol. The molecule has 4 nitrogen and oxygen atoms in total. The Bertz CT molecular complexity index is 451. The number of anilines is 1. The summed E-state index contributed by atoms with van der Waals surface area (Å²) in [5.74, 6) is -0.245. The smallest absolute Gasteiger partial charge is 0.413 e. The molecule has 0 aliphatic heterocycles. The molecule has 1 heterocycles. The summed E-state index contributed by atoms with van der Waals surface area (Å²) in [4.78, 5) is 13.9. The zero-order valence-electron chi connectivity index (χ0n) is 9.26. The molecule has 0 aliphatic carbocycles. The summed E-state index contributed by atoms with van der Waals surface area (Å²) >= 11 is 4.68. The van der Waals surface area contributed by atoms with E-state index in [9.17, 15) is 9.18 Å². The molecule has 1 aromatic heterocycles. The van der Waals surface area contributed by atoms with E-state index in [2.05, 4.69) is 22.5 Å². The van der Waals surface area contributed by atoms with Gasteiger partial charge < -0.3 is 9.72 Å². The van der Waals surface area contributed by atoms with E-state index in [0.29, 0.717) is 5.82 Å². The number of aromatic amines is 1. The van der Waals surface area contributed by atoms with Crippen molar-refractivity contribution in [3.63, 3.8) is 0 Å². The van der Waals surface area contributed by atoms with Crippen molar-refractivity contribution in [1.29, 1.82) is 0 Å². The van der Waals surface area contributed by atoms with Gasteiger partial charge in [0.25, 0.3) is 0 Å². The van der Waals surface area contributed by atoms with Crippen LogP contribution < -0.4 is 5.32 Å². The third-order valence-corrected chi connectivity index (χ3v) is 1.79. The first-order valence-corrected chi connectivity index (χ1v) is 5.07. The molecular formula is C10H13FN2O2S. The first-order valence-electron chi connectivity index (χ1n) is 4.67. The SMILES string of the molecule is CC(C)(C)OC(=O)Nc1ccc(F)c(=S)[nH]1. The minimum Gasteiger partial charge on any atom is -0.444 e. The van der Waals surface area contributed by atoms with Gasteiger partial charge in [0.2, 0.25) is 0 Å². The number of halogens is 1. The van der Waals surface area contributed by atoms with E-state index in [1.54, 1.807) is 20.8 Å². The van der Waals surface area contributed by atoms with E-state index in [-0.39, 0.29) is 4.64 Å². The lowest BCUT2D eigenvalue weighted by atomic mass is 10.2. The van der Waals surface area contributed by atoms with Crippen LogP contribution in [0.15, 0.2) is 12.1 Å². The van der Waals surface area contributed by atoms with Crippen molar-refractivity contribution in [3.8, 4) is 0 Å². The normalized spacial score (nSPS) is 11.0. The van der Waals surface area contributed by atoms with Crippen LogP contribution in [-0.4, -0.2) is 16.7 Å². The first kappa shape index (κ1) is 12.6. The van der Waals surface area contributed by atoms with Gasteiger partial charge in [-0.1, -0.05) is 12.2 Å². The maximum absolute atomic E-state index is 12.8. The number of carbonyl (C=O) groups is 1. The van der Waals surface area contributed by atoms with Crippen molar-refractivity contribution < 1.29 is 13.9 Å². The Morgan fingerprint density at radius 1 is 1.50 bits per heavy atom. The minimum atomic E-state index is -0.621. The summed E-state index contributed by atoms with van der Waals surface area (Å²) in [5.41, 5.74) is -0.582. The van der Waals surface area contributed by atoms with Crippen LogP contribution in [0.4, 0.5) is 15.0 Å². The van der Waals surface area contributed by atoms with Crippen LogP contribution in [0.2, 0.25) is 0 Å². The zero-order valence-corrected chi connectivity index (χ0v) is 10.1. The summed E-state index contributed by atoms with van der Waals surface area (Å²) in [7, 11) is 0. The van der Waals surface area contributed by atoms with Gasteiger partial charge in [-0.15, -0.1) is 0 Å². The summed E-state index contributed by atoms with van der Waals surface area (Å²) in [6.07, 6.45) is -0.621. The molecule has 2 N–H and O–H groups in total. The van der Waals surface area contributed by atoms with E-state index < -0.39 is 17.5 Å². The second kappa shape index (κ2) is 4.61. The number of amides is 1. The number of H-pyrrole nitrogens is 1. The molecule has 0 saturated heterocycles. The highest BCUT2D eigenvalue weighted by Gasteiger charge is 2.16. The van der Waals surface area contributed by atoms with Crippen LogP contribution in [0, 0.1) is 10.5 Å². The van der Waals surface area contributed by atoms with Gasteiger partial charge in [-0.2, -0.15) is 0 Å². The van der Waals surface area contributed by atoms with Gasteiger partial charge in [0, 0.05) is 0 Å². The summed E-state index contributed by atoms with van der Waals surface area (Å²) < 4.78 is 17.8.